The maximum absolute atomic E-state index is 13.6. The van der Waals surface area contributed by atoms with Crippen molar-refractivity contribution in [2.45, 2.75) is 17.9 Å². The minimum Gasteiger partial charge on any atom is -0.383 e. The molecule has 3 aromatic rings. The Morgan fingerprint density at radius 1 is 0.931 bits per heavy atom. The molecular formula is C22H25N3O3S. The van der Waals surface area contributed by atoms with Crippen LogP contribution in [0.5, 0.6) is 0 Å². The lowest BCUT2D eigenvalue weighted by Gasteiger charge is -2.28. The topological polar surface area (TPSA) is 66.7 Å². The van der Waals surface area contributed by atoms with Crippen molar-refractivity contribution in [3.05, 3.63) is 89.4 Å². The van der Waals surface area contributed by atoms with Crippen LogP contribution in [-0.2, 0) is 10.0 Å². The van der Waals surface area contributed by atoms with Crippen molar-refractivity contribution in [2.75, 3.05) is 21.1 Å². The highest BCUT2D eigenvalue weighted by molar-refractivity contribution is 7.89. The minimum atomic E-state index is -3.89. The van der Waals surface area contributed by atoms with Gasteiger partial charge in [0.05, 0.1) is 6.04 Å². The molecule has 0 radical (unpaired) electrons. The summed E-state index contributed by atoms with van der Waals surface area (Å²) in [7, 11) is 1.39. The van der Waals surface area contributed by atoms with Crippen LogP contribution in [0.2, 0.25) is 0 Å². The number of hydrogen-bond acceptors (Lipinski definition) is 5. The first-order chi connectivity index (χ1) is 13.8. The Balaban J connectivity index is 2.11. The summed E-state index contributed by atoms with van der Waals surface area (Å²) in [6.45, 7) is 1.64. The number of nitrogens with zero attached hydrogens (tertiary/aromatic N) is 3. The third kappa shape index (κ3) is 4.41. The van der Waals surface area contributed by atoms with Gasteiger partial charge in [0, 0.05) is 33.4 Å². The van der Waals surface area contributed by atoms with Crippen LogP contribution >= 0.6 is 0 Å². The maximum Gasteiger partial charge on any atom is 0.249 e. The lowest BCUT2D eigenvalue weighted by molar-refractivity contribution is 0.401. The molecule has 6 nitrogen and oxygen atoms in total. The van der Waals surface area contributed by atoms with E-state index in [4.69, 9.17) is 4.52 Å². The fourth-order valence-corrected chi connectivity index (χ4v) is 4.76. The van der Waals surface area contributed by atoms with Crippen molar-refractivity contribution in [3.8, 4) is 0 Å². The van der Waals surface area contributed by atoms with Gasteiger partial charge in [0.2, 0.25) is 10.0 Å². The monoisotopic (exact) mass is 411 g/mol. The van der Waals surface area contributed by atoms with E-state index in [2.05, 4.69) is 5.16 Å². The van der Waals surface area contributed by atoms with E-state index >= 15 is 0 Å². The van der Waals surface area contributed by atoms with Crippen LogP contribution < -0.4 is 0 Å². The van der Waals surface area contributed by atoms with Gasteiger partial charge in [-0.1, -0.05) is 65.8 Å². The molecule has 1 heterocycles. The molecule has 2 aromatic carbocycles. The second-order valence-electron chi connectivity index (χ2n) is 6.99. The minimum absolute atomic E-state index is 0.0787. The Kier molecular flexibility index (Phi) is 6.20. The van der Waals surface area contributed by atoms with Crippen molar-refractivity contribution in [2.24, 2.45) is 0 Å². The number of aryl methyl sites for hydroxylation is 1. The zero-order valence-electron chi connectivity index (χ0n) is 17.0. The van der Waals surface area contributed by atoms with Crippen molar-refractivity contribution < 1.29 is 12.9 Å². The van der Waals surface area contributed by atoms with Crippen LogP contribution in [0.25, 0.3) is 6.08 Å². The first-order valence-electron chi connectivity index (χ1n) is 9.21. The van der Waals surface area contributed by atoms with Gasteiger partial charge in [0.1, 0.15) is 5.69 Å². The van der Waals surface area contributed by atoms with Gasteiger partial charge in [-0.15, -0.1) is 0 Å². The van der Waals surface area contributed by atoms with E-state index in [0.717, 1.165) is 11.1 Å². The average Bonchev–Trinajstić information content (AvgIpc) is 3.09. The average molecular weight is 412 g/mol. The SMILES string of the molecule is Cc1noc(/C=C/N(C)C)c1S(=O)(=O)N(C)C(c1ccccc1)c1ccccc1. The predicted molar refractivity (Wildman–Crippen MR) is 114 cm³/mol. The molecule has 0 unspecified atom stereocenters. The van der Waals surface area contributed by atoms with Crippen LogP contribution in [0.1, 0.15) is 28.6 Å². The Hall–Kier alpha value is -2.90. The third-order valence-corrected chi connectivity index (χ3v) is 6.57. The van der Waals surface area contributed by atoms with Gasteiger partial charge in [0.15, 0.2) is 10.7 Å². The van der Waals surface area contributed by atoms with Gasteiger partial charge >= 0.3 is 0 Å². The van der Waals surface area contributed by atoms with Gasteiger partial charge in [-0.25, -0.2) is 8.42 Å². The van der Waals surface area contributed by atoms with Crippen molar-refractivity contribution in [3.63, 3.8) is 0 Å². The van der Waals surface area contributed by atoms with Crippen LogP contribution in [0, 0.1) is 6.92 Å². The fraction of sp³-hybridized carbons (Fsp3) is 0.227. The molecule has 0 bridgehead atoms. The molecule has 0 amide bonds. The summed E-state index contributed by atoms with van der Waals surface area (Å²) >= 11 is 0. The summed E-state index contributed by atoms with van der Waals surface area (Å²) in [6, 6.07) is 18.7. The van der Waals surface area contributed by atoms with Gasteiger partial charge in [0.25, 0.3) is 0 Å². The van der Waals surface area contributed by atoms with Crippen LogP contribution in [-0.4, -0.2) is 43.9 Å². The second kappa shape index (κ2) is 8.63. The molecule has 152 valence electrons. The first kappa shape index (κ1) is 20.8. The molecule has 7 heteroatoms. The molecule has 0 saturated carbocycles. The summed E-state index contributed by atoms with van der Waals surface area (Å²) in [6.07, 6.45) is 3.34. The zero-order valence-corrected chi connectivity index (χ0v) is 17.8. The highest BCUT2D eigenvalue weighted by Gasteiger charge is 2.35. The van der Waals surface area contributed by atoms with E-state index in [-0.39, 0.29) is 10.7 Å². The van der Waals surface area contributed by atoms with E-state index in [1.54, 1.807) is 31.1 Å². The van der Waals surface area contributed by atoms with E-state index in [0.29, 0.717) is 5.69 Å². The molecular weight excluding hydrogens is 386 g/mol. The predicted octanol–water partition coefficient (Wildman–Crippen LogP) is 3.93. The molecule has 3 rings (SSSR count). The molecule has 0 spiro atoms. The molecule has 0 N–H and O–H groups in total. The van der Waals surface area contributed by atoms with Crippen LogP contribution in [0.3, 0.4) is 0 Å². The summed E-state index contributed by atoms with van der Waals surface area (Å²) in [4.78, 5) is 1.88. The molecule has 0 aliphatic rings. The third-order valence-electron chi connectivity index (χ3n) is 4.59. The summed E-state index contributed by atoms with van der Waals surface area (Å²) in [5.41, 5.74) is 2.09. The van der Waals surface area contributed by atoms with Crippen molar-refractivity contribution >= 4 is 16.1 Å². The standard InChI is InChI=1S/C22H25N3O3S/c1-17-22(20(28-23-17)15-16-24(2)3)29(26,27)25(4)21(18-11-7-5-8-12-18)19-13-9-6-10-14-19/h5-16,21H,1-4H3/b16-15+. The number of hydrogen-bond donors (Lipinski definition) is 0. The summed E-state index contributed by atoms with van der Waals surface area (Å²) < 4.78 is 34.0. The molecule has 1 aromatic heterocycles. The first-order valence-corrected chi connectivity index (χ1v) is 10.6. The number of sulfonamides is 1. The van der Waals surface area contributed by atoms with Gasteiger partial charge in [-0.05, 0) is 18.1 Å². The molecule has 29 heavy (non-hydrogen) atoms. The highest BCUT2D eigenvalue weighted by Crippen LogP contribution is 2.34. The number of aromatic nitrogens is 1. The zero-order chi connectivity index (χ0) is 21.0. The summed E-state index contributed by atoms with van der Waals surface area (Å²) in [5, 5.41) is 3.90. The smallest absolute Gasteiger partial charge is 0.249 e. The van der Waals surface area contributed by atoms with E-state index in [9.17, 15) is 8.42 Å². The van der Waals surface area contributed by atoms with Gasteiger partial charge in [-0.3, -0.25) is 0 Å². The quantitative estimate of drug-likeness (QED) is 0.589. The second-order valence-corrected chi connectivity index (χ2v) is 8.92. The van der Waals surface area contributed by atoms with E-state index in [1.807, 2.05) is 74.8 Å². The van der Waals surface area contributed by atoms with E-state index in [1.165, 1.54) is 4.31 Å². The van der Waals surface area contributed by atoms with Crippen molar-refractivity contribution in [1.82, 2.24) is 14.4 Å². The molecule has 0 aliphatic carbocycles. The van der Waals surface area contributed by atoms with Crippen LogP contribution in [0.4, 0.5) is 0 Å². The Bertz CT molecular complexity index is 1040. The normalized spacial score (nSPS) is 12.2. The lowest BCUT2D eigenvalue weighted by atomic mass is 9.99. The number of rotatable bonds is 7. The fourth-order valence-electron chi connectivity index (χ4n) is 3.18. The Morgan fingerprint density at radius 3 is 1.93 bits per heavy atom. The molecule has 0 saturated heterocycles. The maximum atomic E-state index is 13.6. The molecule has 0 fully saturated rings. The van der Waals surface area contributed by atoms with E-state index < -0.39 is 16.1 Å². The van der Waals surface area contributed by atoms with Gasteiger partial charge in [-0.2, -0.15) is 4.31 Å². The van der Waals surface area contributed by atoms with Gasteiger partial charge < -0.3 is 9.42 Å². The van der Waals surface area contributed by atoms with Crippen molar-refractivity contribution in [1.29, 1.82) is 0 Å². The molecule has 0 atom stereocenters. The molecule has 0 aliphatic heterocycles. The number of benzene rings is 2. The van der Waals surface area contributed by atoms with Crippen LogP contribution in [0.15, 0.2) is 76.3 Å². The Labute approximate surface area is 172 Å². The highest BCUT2D eigenvalue weighted by atomic mass is 32.2. The Morgan fingerprint density at radius 2 is 1.45 bits per heavy atom. The summed E-state index contributed by atoms with van der Waals surface area (Å²) in [5.74, 6) is 0.211. The largest absolute Gasteiger partial charge is 0.383 e. The lowest BCUT2D eigenvalue weighted by Crippen LogP contribution is -2.32.